The highest BCUT2D eigenvalue weighted by Crippen LogP contribution is 2.37. The first-order valence-electron chi connectivity index (χ1n) is 7.66. The molecule has 1 heterocycles. The third kappa shape index (κ3) is 2.60. The van der Waals surface area contributed by atoms with Crippen molar-refractivity contribution in [2.24, 2.45) is 5.92 Å². The molecule has 18 heavy (non-hydrogen) atoms. The van der Waals surface area contributed by atoms with Crippen molar-refractivity contribution in [3.63, 3.8) is 0 Å². The second kappa shape index (κ2) is 5.41. The fraction of sp³-hybridized carbons (Fsp3) is 0.867. The van der Waals surface area contributed by atoms with E-state index in [2.05, 4.69) is 17.1 Å². The Labute approximate surface area is 109 Å². The third-order valence-corrected chi connectivity index (χ3v) is 4.78. The van der Waals surface area contributed by atoms with Crippen molar-refractivity contribution in [1.29, 1.82) is 0 Å². The van der Waals surface area contributed by atoms with Crippen LogP contribution in [0.5, 0.6) is 0 Å². The second-order valence-electron chi connectivity index (χ2n) is 6.27. The van der Waals surface area contributed by atoms with Crippen molar-refractivity contribution in [1.82, 2.24) is 10.2 Å². The fourth-order valence-electron chi connectivity index (χ4n) is 3.43. The van der Waals surface area contributed by atoms with Crippen LogP contribution in [0.1, 0.15) is 88.3 Å². The Kier molecular flexibility index (Phi) is 3.67. The first kappa shape index (κ1) is 12.2. The SMILES string of the molecule is CC1CCC(c2nnc(C3CCCCC3)o2)CC1. The molecule has 100 valence electrons. The van der Waals surface area contributed by atoms with Crippen LogP contribution >= 0.6 is 0 Å². The van der Waals surface area contributed by atoms with Crippen LogP contribution in [0.4, 0.5) is 0 Å². The highest BCUT2D eigenvalue weighted by Gasteiger charge is 2.26. The quantitative estimate of drug-likeness (QED) is 0.778. The average molecular weight is 248 g/mol. The number of nitrogens with zero attached hydrogens (tertiary/aromatic N) is 2. The maximum atomic E-state index is 5.98. The molecular weight excluding hydrogens is 224 g/mol. The van der Waals surface area contributed by atoms with Gasteiger partial charge in [-0.15, -0.1) is 10.2 Å². The lowest BCUT2D eigenvalue weighted by Crippen LogP contribution is -2.11. The van der Waals surface area contributed by atoms with E-state index in [0.29, 0.717) is 11.8 Å². The van der Waals surface area contributed by atoms with Crippen LogP contribution in [0.15, 0.2) is 4.42 Å². The van der Waals surface area contributed by atoms with Crippen LogP contribution < -0.4 is 0 Å². The molecule has 0 unspecified atom stereocenters. The van der Waals surface area contributed by atoms with Crippen molar-refractivity contribution in [2.45, 2.75) is 76.5 Å². The Morgan fingerprint density at radius 2 is 1.33 bits per heavy atom. The molecule has 0 N–H and O–H groups in total. The molecule has 2 aliphatic carbocycles. The minimum Gasteiger partial charge on any atom is -0.425 e. The molecular formula is C15H24N2O. The molecule has 3 nitrogen and oxygen atoms in total. The molecule has 0 aliphatic heterocycles. The molecule has 3 heteroatoms. The van der Waals surface area contributed by atoms with E-state index in [9.17, 15) is 0 Å². The number of rotatable bonds is 2. The van der Waals surface area contributed by atoms with Gasteiger partial charge in [0.05, 0.1) is 0 Å². The highest BCUT2D eigenvalue weighted by atomic mass is 16.4. The predicted octanol–water partition coefficient (Wildman–Crippen LogP) is 4.41. The molecule has 0 aromatic carbocycles. The van der Waals surface area contributed by atoms with Crippen LogP contribution in [-0.4, -0.2) is 10.2 Å². The molecule has 0 spiro atoms. The summed E-state index contributed by atoms with van der Waals surface area (Å²) >= 11 is 0. The van der Waals surface area contributed by atoms with Crippen molar-refractivity contribution in [3.05, 3.63) is 11.8 Å². The van der Waals surface area contributed by atoms with Crippen LogP contribution in [0.2, 0.25) is 0 Å². The zero-order valence-corrected chi connectivity index (χ0v) is 11.4. The Hall–Kier alpha value is -0.860. The molecule has 3 rings (SSSR count). The van der Waals surface area contributed by atoms with Crippen LogP contribution in [0.3, 0.4) is 0 Å². The number of hydrogen-bond acceptors (Lipinski definition) is 3. The molecule has 2 saturated carbocycles. The summed E-state index contributed by atoms with van der Waals surface area (Å²) in [5.41, 5.74) is 0. The molecule has 2 fully saturated rings. The van der Waals surface area contributed by atoms with E-state index in [1.165, 1.54) is 57.8 Å². The monoisotopic (exact) mass is 248 g/mol. The standard InChI is InChI=1S/C15H24N2O/c1-11-7-9-13(10-8-11)15-17-16-14(18-15)12-5-3-2-4-6-12/h11-13H,2-10H2,1H3. The third-order valence-electron chi connectivity index (χ3n) is 4.78. The van der Waals surface area contributed by atoms with E-state index < -0.39 is 0 Å². The Balaban J connectivity index is 1.65. The van der Waals surface area contributed by atoms with Gasteiger partial charge in [-0.05, 0) is 44.4 Å². The van der Waals surface area contributed by atoms with Gasteiger partial charge in [-0.1, -0.05) is 26.2 Å². The molecule has 0 saturated heterocycles. The summed E-state index contributed by atoms with van der Waals surface area (Å²) in [5, 5.41) is 8.64. The molecule has 1 aromatic rings. The summed E-state index contributed by atoms with van der Waals surface area (Å²) in [5.74, 6) is 3.79. The first-order valence-corrected chi connectivity index (χ1v) is 7.66. The number of hydrogen-bond donors (Lipinski definition) is 0. The lowest BCUT2D eigenvalue weighted by Gasteiger charge is -2.23. The van der Waals surface area contributed by atoms with Gasteiger partial charge in [-0.3, -0.25) is 0 Å². The van der Waals surface area contributed by atoms with Gasteiger partial charge < -0.3 is 4.42 Å². The summed E-state index contributed by atoms with van der Waals surface area (Å²) in [6, 6.07) is 0. The van der Waals surface area contributed by atoms with Gasteiger partial charge in [0.1, 0.15) is 0 Å². The average Bonchev–Trinajstić information content (AvgIpc) is 2.90. The van der Waals surface area contributed by atoms with E-state index in [4.69, 9.17) is 4.42 Å². The van der Waals surface area contributed by atoms with E-state index >= 15 is 0 Å². The summed E-state index contributed by atoms with van der Waals surface area (Å²) in [4.78, 5) is 0. The summed E-state index contributed by atoms with van der Waals surface area (Å²) in [6.45, 7) is 2.34. The topological polar surface area (TPSA) is 38.9 Å². The van der Waals surface area contributed by atoms with Crippen LogP contribution in [0.25, 0.3) is 0 Å². The lowest BCUT2D eigenvalue weighted by atomic mass is 9.83. The van der Waals surface area contributed by atoms with Crippen molar-refractivity contribution in [3.8, 4) is 0 Å². The van der Waals surface area contributed by atoms with Crippen molar-refractivity contribution in [2.75, 3.05) is 0 Å². The Morgan fingerprint density at radius 3 is 1.94 bits per heavy atom. The second-order valence-corrected chi connectivity index (χ2v) is 6.27. The molecule has 0 atom stereocenters. The van der Waals surface area contributed by atoms with E-state index in [1.807, 2.05) is 0 Å². The maximum absolute atomic E-state index is 5.98. The smallest absolute Gasteiger partial charge is 0.219 e. The van der Waals surface area contributed by atoms with Gasteiger partial charge in [0.2, 0.25) is 11.8 Å². The lowest BCUT2D eigenvalue weighted by molar-refractivity contribution is 0.289. The van der Waals surface area contributed by atoms with Crippen molar-refractivity contribution < 1.29 is 4.42 Å². The normalized spacial score (nSPS) is 30.5. The molecule has 1 aromatic heterocycles. The van der Waals surface area contributed by atoms with E-state index in [0.717, 1.165) is 17.7 Å². The minimum atomic E-state index is 0.533. The fourth-order valence-corrected chi connectivity index (χ4v) is 3.43. The summed E-state index contributed by atoms with van der Waals surface area (Å²) < 4.78 is 5.98. The van der Waals surface area contributed by atoms with Gasteiger partial charge in [0, 0.05) is 11.8 Å². The zero-order valence-electron chi connectivity index (χ0n) is 11.4. The zero-order chi connectivity index (χ0) is 12.4. The molecule has 2 aliphatic rings. The van der Waals surface area contributed by atoms with Gasteiger partial charge in [0.15, 0.2) is 0 Å². The maximum Gasteiger partial charge on any atom is 0.219 e. The predicted molar refractivity (Wildman–Crippen MR) is 70.5 cm³/mol. The van der Waals surface area contributed by atoms with Crippen LogP contribution in [0, 0.1) is 5.92 Å². The van der Waals surface area contributed by atoms with Gasteiger partial charge in [-0.25, -0.2) is 0 Å². The van der Waals surface area contributed by atoms with Crippen molar-refractivity contribution >= 4 is 0 Å². The first-order chi connectivity index (χ1) is 8.83. The largest absolute Gasteiger partial charge is 0.425 e. The van der Waals surface area contributed by atoms with E-state index in [1.54, 1.807) is 0 Å². The Morgan fingerprint density at radius 1 is 0.778 bits per heavy atom. The minimum absolute atomic E-state index is 0.533. The van der Waals surface area contributed by atoms with Gasteiger partial charge >= 0.3 is 0 Å². The van der Waals surface area contributed by atoms with E-state index in [-0.39, 0.29) is 0 Å². The highest BCUT2D eigenvalue weighted by molar-refractivity contribution is 4.98. The summed E-state index contributed by atoms with van der Waals surface area (Å²) in [6.07, 6.45) is 11.6. The Bertz CT molecular complexity index is 374. The molecule has 0 amide bonds. The van der Waals surface area contributed by atoms with Gasteiger partial charge in [-0.2, -0.15) is 0 Å². The summed E-state index contributed by atoms with van der Waals surface area (Å²) in [7, 11) is 0. The molecule has 0 radical (unpaired) electrons. The number of aromatic nitrogens is 2. The van der Waals surface area contributed by atoms with Gasteiger partial charge in [0.25, 0.3) is 0 Å². The van der Waals surface area contributed by atoms with Crippen LogP contribution in [-0.2, 0) is 0 Å². The molecule has 0 bridgehead atoms.